The summed E-state index contributed by atoms with van der Waals surface area (Å²) in [5.41, 5.74) is 1.83. The van der Waals surface area contributed by atoms with Crippen molar-refractivity contribution in [3.05, 3.63) is 52.3 Å². The van der Waals surface area contributed by atoms with E-state index in [4.69, 9.17) is 14.7 Å². The van der Waals surface area contributed by atoms with Crippen molar-refractivity contribution in [3.8, 4) is 6.07 Å². The highest BCUT2D eigenvalue weighted by Crippen LogP contribution is 2.20. The number of carbonyl (C=O) groups excluding carboxylic acids is 4. The number of H-pyrrole nitrogens is 1. The van der Waals surface area contributed by atoms with Crippen LogP contribution in [0.25, 0.3) is 0 Å². The van der Waals surface area contributed by atoms with Crippen molar-refractivity contribution < 1.29 is 28.7 Å². The van der Waals surface area contributed by atoms with Crippen LogP contribution in [0.5, 0.6) is 0 Å². The second kappa shape index (κ2) is 10.0. The molecule has 2 rings (SSSR count). The van der Waals surface area contributed by atoms with E-state index in [9.17, 15) is 19.2 Å². The van der Waals surface area contributed by atoms with E-state index < -0.39 is 30.2 Å². The van der Waals surface area contributed by atoms with Crippen molar-refractivity contribution in [1.29, 1.82) is 5.26 Å². The van der Waals surface area contributed by atoms with E-state index in [-0.39, 0.29) is 29.7 Å². The molecule has 9 nitrogen and oxygen atoms in total. The minimum Gasteiger partial charge on any atom is -0.462 e. The average molecular weight is 411 g/mol. The van der Waals surface area contributed by atoms with Crippen molar-refractivity contribution in [2.75, 3.05) is 18.5 Å². The SMILES string of the molecule is CCOC(=O)c1c(C)[nH]c(C)c1C(=O)COC(=O)c1ccc(NC(=O)CC#N)cc1. The lowest BCUT2D eigenvalue weighted by Gasteiger charge is -2.08. The van der Waals surface area contributed by atoms with Gasteiger partial charge in [0.05, 0.1) is 29.4 Å². The Morgan fingerprint density at radius 1 is 1.00 bits per heavy atom. The molecule has 0 aliphatic rings. The van der Waals surface area contributed by atoms with Gasteiger partial charge in [0, 0.05) is 17.1 Å². The molecular weight excluding hydrogens is 390 g/mol. The third-order valence-corrected chi connectivity index (χ3v) is 4.11. The van der Waals surface area contributed by atoms with E-state index in [0.29, 0.717) is 17.1 Å². The molecule has 9 heteroatoms. The number of Topliss-reactive ketones (excluding diaryl/α,β-unsaturated/α-hetero) is 1. The van der Waals surface area contributed by atoms with Gasteiger partial charge in [-0.25, -0.2) is 9.59 Å². The highest BCUT2D eigenvalue weighted by molar-refractivity contribution is 6.09. The highest BCUT2D eigenvalue weighted by Gasteiger charge is 2.26. The molecule has 0 bridgehead atoms. The maximum Gasteiger partial charge on any atom is 0.340 e. The Hall–Kier alpha value is -3.93. The maximum absolute atomic E-state index is 12.6. The van der Waals surface area contributed by atoms with Crippen LogP contribution in [-0.4, -0.2) is 41.8 Å². The third-order valence-electron chi connectivity index (χ3n) is 4.11. The lowest BCUT2D eigenvalue weighted by Crippen LogP contribution is -2.18. The number of benzene rings is 1. The largest absolute Gasteiger partial charge is 0.462 e. The second-order valence-corrected chi connectivity index (χ2v) is 6.31. The number of aromatic amines is 1. The minimum atomic E-state index is -0.735. The predicted octanol–water partition coefficient (Wildman–Crippen LogP) is 2.70. The third kappa shape index (κ3) is 5.32. The number of esters is 2. The monoisotopic (exact) mass is 411 g/mol. The summed E-state index contributed by atoms with van der Waals surface area (Å²) in [7, 11) is 0. The molecule has 0 spiro atoms. The van der Waals surface area contributed by atoms with Crippen LogP contribution in [0.3, 0.4) is 0 Å². The van der Waals surface area contributed by atoms with Gasteiger partial charge >= 0.3 is 11.9 Å². The normalized spacial score (nSPS) is 10.1. The number of nitrogens with one attached hydrogen (secondary N) is 2. The summed E-state index contributed by atoms with van der Waals surface area (Å²) >= 11 is 0. The molecule has 0 fully saturated rings. The molecule has 2 aromatic rings. The number of nitriles is 1. The summed E-state index contributed by atoms with van der Waals surface area (Å²) in [6.45, 7) is 4.57. The fraction of sp³-hybridized carbons (Fsp3) is 0.286. The standard InChI is InChI=1S/C21H21N3O6/c1-4-29-21(28)19-13(3)23-12(2)18(19)16(25)11-30-20(27)14-5-7-15(8-6-14)24-17(26)9-10-22/h5-8,23H,4,9,11H2,1-3H3,(H,24,26). The number of hydrogen-bond donors (Lipinski definition) is 2. The zero-order chi connectivity index (χ0) is 22.3. The van der Waals surface area contributed by atoms with Crippen molar-refractivity contribution >= 4 is 29.3 Å². The summed E-state index contributed by atoms with van der Waals surface area (Å²) in [5.74, 6) is -2.36. The topological polar surface area (TPSA) is 138 Å². The Labute approximate surface area is 173 Å². The fourth-order valence-corrected chi connectivity index (χ4v) is 2.84. The Kier molecular flexibility index (Phi) is 7.47. The van der Waals surface area contributed by atoms with E-state index in [2.05, 4.69) is 10.3 Å². The van der Waals surface area contributed by atoms with Crippen LogP contribution in [-0.2, 0) is 14.3 Å². The van der Waals surface area contributed by atoms with Gasteiger partial charge in [-0.05, 0) is 45.0 Å². The van der Waals surface area contributed by atoms with Gasteiger partial charge < -0.3 is 19.8 Å². The van der Waals surface area contributed by atoms with Crippen LogP contribution in [0.2, 0.25) is 0 Å². The van der Waals surface area contributed by atoms with Crippen molar-refractivity contribution in [3.63, 3.8) is 0 Å². The second-order valence-electron chi connectivity index (χ2n) is 6.31. The molecule has 30 heavy (non-hydrogen) atoms. The van der Waals surface area contributed by atoms with Gasteiger partial charge in [0.1, 0.15) is 6.42 Å². The molecule has 0 unspecified atom stereocenters. The minimum absolute atomic E-state index is 0.132. The summed E-state index contributed by atoms with van der Waals surface area (Å²) in [6.07, 6.45) is -0.280. The van der Waals surface area contributed by atoms with Crippen LogP contribution >= 0.6 is 0 Å². The van der Waals surface area contributed by atoms with Gasteiger partial charge in [0.25, 0.3) is 0 Å². The first-order valence-electron chi connectivity index (χ1n) is 9.11. The lowest BCUT2D eigenvalue weighted by molar-refractivity contribution is -0.115. The number of aryl methyl sites for hydroxylation is 2. The molecule has 1 heterocycles. The zero-order valence-electron chi connectivity index (χ0n) is 16.8. The Morgan fingerprint density at radius 2 is 1.63 bits per heavy atom. The summed E-state index contributed by atoms with van der Waals surface area (Å²) in [4.78, 5) is 51.3. The Morgan fingerprint density at radius 3 is 2.23 bits per heavy atom. The van der Waals surface area contributed by atoms with E-state index >= 15 is 0 Å². The molecule has 0 aliphatic carbocycles. The van der Waals surface area contributed by atoms with E-state index in [0.717, 1.165) is 0 Å². The molecule has 0 atom stereocenters. The van der Waals surface area contributed by atoms with Crippen LogP contribution < -0.4 is 5.32 Å². The molecule has 0 saturated carbocycles. The van der Waals surface area contributed by atoms with Crippen molar-refractivity contribution in [2.45, 2.75) is 27.2 Å². The first kappa shape index (κ1) is 22.4. The molecule has 1 amide bonds. The van der Waals surface area contributed by atoms with E-state index in [1.807, 2.05) is 0 Å². The van der Waals surface area contributed by atoms with E-state index in [1.165, 1.54) is 24.3 Å². The number of carbonyl (C=O) groups is 4. The number of nitrogens with zero attached hydrogens (tertiary/aromatic N) is 1. The van der Waals surface area contributed by atoms with Gasteiger partial charge in [0.15, 0.2) is 6.61 Å². The van der Waals surface area contributed by atoms with Gasteiger partial charge in [-0.2, -0.15) is 5.26 Å². The molecule has 0 saturated heterocycles. The molecule has 156 valence electrons. The van der Waals surface area contributed by atoms with Gasteiger partial charge in [-0.3, -0.25) is 9.59 Å². The smallest absolute Gasteiger partial charge is 0.340 e. The first-order chi connectivity index (χ1) is 14.3. The molecule has 1 aromatic carbocycles. The number of ketones is 1. The number of hydrogen-bond acceptors (Lipinski definition) is 7. The summed E-state index contributed by atoms with van der Waals surface area (Å²) in [5, 5.41) is 11.0. The molecule has 0 radical (unpaired) electrons. The molecule has 2 N–H and O–H groups in total. The van der Waals surface area contributed by atoms with Gasteiger partial charge in [0.2, 0.25) is 11.7 Å². The summed E-state index contributed by atoms with van der Waals surface area (Å²) in [6, 6.07) is 7.53. The lowest BCUT2D eigenvalue weighted by atomic mass is 10.1. The first-order valence-corrected chi connectivity index (χ1v) is 9.11. The Balaban J connectivity index is 2.05. The van der Waals surface area contributed by atoms with Gasteiger partial charge in [-0.1, -0.05) is 0 Å². The molecular formula is C21H21N3O6. The number of aromatic nitrogens is 1. The summed E-state index contributed by atoms with van der Waals surface area (Å²) < 4.78 is 10.1. The quantitative estimate of drug-likeness (QED) is 0.503. The molecule has 0 aliphatic heterocycles. The number of anilines is 1. The molecule has 1 aromatic heterocycles. The van der Waals surface area contributed by atoms with E-state index in [1.54, 1.807) is 26.8 Å². The number of rotatable bonds is 8. The number of amides is 1. The number of ether oxygens (including phenoxy) is 2. The fourth-order valence-electron chi connectivity index (χ4n) is 2.84. The van der Waals surface area contributed by atoms with Crippen LogP contribution in [0.15, 0.2) is 24.3 Å². The van der Waals surface area contributed by atoms with Crippen LogP contribution in [0.1, 0.15) is 55.8 Å². The Bertz CT molecular complexity index is 1010. The van der Waals surface area contributed by atoms with Crippen molar-refractivity contribution in [2.24, 2.45) is 0 Å². The van der Waals surface area contributed by atoms with Gasteiger partial charge in [-0.15, -0.1) is 0 Å². The van der Waals surface area contributed by atoms with Crippen LogP contribution in [0, 0.1) is 25.2 Å². The highest BCUT2D eigenvalue weighted by atomic mass is 16.5. The van der Waals surface area contributed by atoms with Crippen LogP contribution in [0.4, 0.5) is 5.69 Å². The van der Waals surface area contributed by atoms with Crippen molar-refractivity contribution in [1.82, 2.24) is 4.98 Å². The average Bonchev–Trinajstić information content (AvgIpc) is 3.00. The predicted molar refractivity (Wildman–Crippen MR) is 106 cm³/mol. The zero-order valence-corrected chi connectivity index (χ0v) is 16.8. The maximum atomic E-state index is 12.6.